The van der Waals surface area contributed by atoms with Crippen molar-refractivity contribution in [3.05, 3.63) is 35.4 Å². The molecule has 0 amide bonds. The van der Waals surface area contributed by atoms with Crippen molar-refractivity contribution >= 4 is 16.7 Å². The van der Waals surface area contributed by atoms with Gasteiger partial charge in [-0.1, -0.05) is 18.2 Å². The van der Waals surface area contributed by atoms with Gasteiger partial charge < -0.3 is 14.4 Å². The number of hydrogen-bond acceptors (Lipinski definition) is 5. The Morgan fingerprint density at radius 1 is 1.46 bits per heavy atom. The van der Waals surface area contributed by atoms with E-state index in [1.165, 1.54) is 0 Å². The maximum absolute atomic E-state index is 9.72. The molecule has 2 saturated heterocycles. The fourth-order valence-electron chi connectivity index (χ4n) is 4.21. The first kappa shape index (κ1) is 15.4. The molecule has 1 aromatic heterocycles. The van der Waals surface area contributed by atoms with E-state index in [1.54, 1.807) is 7.11 Å². The van der Waals surface area contributed by atoms with Gasteiger partial charge in [-0.25, -0.2) is 4.98 Å². The van der Waals surface area contributed by atoms with Crippen LogP contribution in [-0.4, -0.2) is 45.0 Å². The maximum atomic E-state index is 9.72. The zero-order valence-corrected chi connectivity index (χ0v) is 14.1. The average molecular weight is 323 g/mol. The smallest absolute Gasteiger partial charge is 0.147 e. The minimum absolute atomic E-state index is 0.0166. The molecule has 4 rings (SSSR count). The molecule has 24 heavy (non-hydrogen) atoms. The van der Waals surface area contributed by atoms with E-state index >= 15 is 0 Å². The number of aryl methyl sites for hydroxylation is 1. The maximum Gasteiger partial charge on any atom is 0.147 e. The summed E-state index contributed by atoms with van der Waals surface area (Å²) in [5.74, 6) is 1.23. The fourth-order valence-corrected chi connectivity index (χ4v) is 4.21. The van der Waals surface area contributed by atoms with Gasteiger partial charge in [-0.05, 0) is 18.6 Å². The normalized spacial score (nSPS) is 25.9. The monoisotopic (exact) mass is 323 g/mol. The van der Waals surface area contributed by atoms with Crippen LogP contribution in [0.2, 0.25) is 0 Å². The number of para-hydroxylation sites is 1. The van der Waals surface area contributed by atoms with Crippen molar-refractivity contribution in [2.75, 3.05) is 44.9 Å². The highest BCUT2D eigenvalue weighted by atomic mass is 16.5. The molecule has 2 fully saturated rings. The summed E-state index contributed by atoms with van der Waals surface area (Å²) in [6, 6.07) is 10.4. The van der Waals surface area contributed by atoms with E-state index < -0.39 is 0 Å². The van der Waals surface area contributed by atoms with Crippen LogP contribution in [0.5, 0.6) is 0 Å². The first-order chi connectivity index (χ1) is 11.7. The van der Waals surface area contributed by atoms with Crippen LogP contribution >= 0.6 is 0 Å². The largest absolute Gasteiger partial charge is 0.384 e. The first-order valence-corrected chi connectivity index (χ1v) is 8.29. The summed E-state index contributed by atoms with van der Waals surface area (Å²) >= 11 is 0. The van der Waals surface area contributed by atoms with Crippen molar-refractivity contribution in [1.29, 1.82) is 5.26 Å². The Balaban J connectivity index is 1.79. The Labute approximate surface area is 141 Å². The highest BCUT2D eigenvalue weighted by molar-refractivity contribution is 5.87. The van der Waals surface area contributed by atoms with E-state index in [1.807, 2.05) is 31.2 Å². The highest BCUT2D eigenvalue weighted by Crippen LogP contribution is 2.44. The number of nitrogens with zero attached hydrogens (tertiary/aromatic N) is 3. The van der Waals surface area contributed by atoms with E-state index in [9.17, 15) is 5.26 Å². The summed E-state index contributed by atoms with van der Waals surface area (Å²) in [5, 5.41) is 10.8. The summed E-state index contributed by atoms with van der Waals surface area (Å²) in [5.41, 5.74) is 2.65. The summed E-state index contributed by atoms with van der Waals surface area (Å²) in [6.07, 6.45) is 0. The number of aromatic nitrogens is 1. The molecule has 0 aliphatic carbocycles. The summed E-state index contributed by atoms with van der Waals surface area (Å²) in [4.78, 5) is 7.08. The zero-order valence-electron chi connectivity index (χ0n) is 14.1. The van der Waals surface area contributed by atoms with Crippen molar-refractivity contribution in [3.8, 4) is 6.07 Å². The van der Waals surface area contributed by atoms with Crippen LogP contribution in [0.1, 0.15) is 11.1 Å². The molecule has 5 heteroatoms. The number of anilines is 1. The van der Waals surface area contributed by atoms with Gasteiger partial charge in [0, 0.05) is 36.9 Å². The minimum atomic E-state index is 0.0166. The molecule has 3 heterocycles. The second kappa shape index (κ2) is 5.73. The second-order valence-corrected chi connectivity index (χ2v) is 6.95. The Morgan fingerprint density at radius 3 is 3.08 bits per heavy atom. The van der Waals surface area contributed by atoms with Crippen molar-refractivity contribution in [2.24, 2.45) is 11.3 Å². The van der Waals surface area contributed by atoms with Gasteiger partial charge >= 0.3 is 0 Å². The predicted molar refractivity (Wildman–Crippen MR) is 92.0 cm³/mol. The molecule has 0 saturated carbocycles. The lowest BCUT2D eigenvalue weighted by atomic mass is 9.82. The molecule has 2 aliphatic heterocycles. The standard InChI is InChI=1S/C19H21N3O2/c1-13-15-5-3-4-6-17(15)21-18(16(13)7-20)22-8-14-9-24-12-19(14,10-22)11-23-2/h3-6,14H,8-12H2,1-2H3/t14-,19-/m0/s1. The highest BCUT2D eigenvalue weighted by Gasteiger charge is 2.51. The lowest BCUT2D eigenvalue weighted by molar-refractivity contribution is 0.0660. The molecule has 0 radical (unpaired) electrons. The molecule has 0 N–H and O–H groups in total. The molecule has 0 spiro atoms. The molecule has 5 nitrogen and oxygen atoms in total. The van der Waals surface area contributed by atoms with Crippen molar-refractivity contribution in [1.82, 2.24) is 4.98 Å². The number of fused-ring (bicyclic) bond motifs is 2. The van der Waals surface area contributed by atoms with Crippen LogP contribution in [0.15, 0.2) is 24.3 Å². The van der Waals surface area contributed by atoms with Gasteiger partial charge in [-0.15, -0.1) is 0 Å². The van der Waals surface area contributed by atoms with Crippen molar-refractivity contribution in [3.63, 3.8) is 0 Å². The van der Waals surface area contributed by atoms with E-state index in [4.69, 9.17) is 14.5 Å². The van der Waals surface area contributed by atoms with Gasteiger partial charge in [0.2, 0.25) is 0 Å². The fraction of sp³-hybridized carbons (Fsp3) is 0.474. The topological polar surface area (TPSA) is 58.4 Å². The zero-order chi connectivity index (χ0) is 16.7. The van der Waals surface area contributed by atoms with E-state index in [-0.39, 0.29) is 5.41 Å². The molecule has 2 atom stereocenters. The third kappa shape index (κ3) is 2.18. The molecule has 0 bridgehead atoms. The summed E-state index contributed by atoms with van der Waals surface area (Å²) < 4.78 is 11.2. The lowest BCUT2D eigenvalue weighted by Gasteiger charge is -2.27. The second-order valence-electron chi connectivity index (χ2n) is 6.95. The molecule has 1 aromatic carbocycles. The third-order valence-corrected chi connectivity index (χ3v) is 5.50. The van der Waals surface area contributed by atoms with E-state index in [0.29, 0.717) is 18.1 Å². The molecule has 124 valence electrons. The number of methoxy groups -OCH3 is 1. The molecule has 2 aliphatic rings. The number of pyridine rings is 1. The van der Waals surface area contributed by atoms with Crippen LogP contribution in [0, 0.1) is 29.6 Å². The van der Waals surface area contributed by atoms with Crippen molar-refractivity contribution < 1.29 is 9.47 Å². The average Bonchev–Trinajstić information content (AvgIpc) is 3.12. The third-order valence-electron chi connectivity index (χ3n) is 5.50. The van der Waals surface area contributed by atoms with E-state index in [0.717, 1.165) is 48.6 Å². The SMILES string of the molecule is COC[C@@]12COC[C@@H]1CN(c1nc3ccccc3c(C)c1C#N)C2. The Bertz CT molecular complexity index is 829. The van der Waals surface area contributed by atoms with Gasteiger partial charge in [-0.3, -0.25) is 0 Å². The van der Waals surface area contributed by atoms with Gasteiger partial charge in [0.15, 0.2) is 0 Å². The number of nitriles is 1. The quantitative estimate of drug-likeness (QED) is 0.868. The molecule has 0 unspecified atom stereocenters. The van der Waals surface area contributed by atoms with Crippen LogP contribution in [0.3, 0.4) is 0 Å². The Kier molecular flexibility index (Phi) is 3.67. The molecular formula is C19H21N3O2. The van der Waals surface area contributed by atoms with Gasteiger partial charge in [0.25, 0.3) is 0 Å². The first-order valence-electron chi connectivity index (χ1n) is 8.29. The number of benzene rings is 1. The van der Waals surface area contributed by atoms with Crippen LogP contribution in [0.4, 0.5) is 5.82 Å². The lowest BCUT2D eigenvalue weighted by Crippen LogP contribution is -2.35. The number of rotatable bonds is 3. The van der Waals surface area contributed by atoms with Crippen LogP contribution in [0.25, 0.3) is 10.9 Å². The molecule has 2 aromatic rings. The Hall–Kier alpha value is -2.16. The summed E-state index contributed by atoms with van der Waals surface area (Å²) in [7, 11) is 1.74. The van der Waals surface area contributed by atoms with Crippen LogP contribution in [-0.2, 0) is 9.47 Å². The number of ether oxygens (including phenoxy) is 2. The number of hydrogen-bond donors (Lipinski definition) is 0. The van der Waals surface area contributed by atoms with E-state index in [2.05, 4.69) is 11.0 Å². The predicted octanol–water partition coefficient (Wildman–Crippen LogP) is 2.51. The minimum Gasteiger partial charge on any atom is -0.384 e. The van der Waals surface area contributed by atoms with Gasteiger partial charge in [0.1, 0.15) is 11.9 Å². The van der Waals surface area contributed by atoms with Gasteiger partial charge in [-0.2, -0.15) is 5.26 Å². The Morgan fingerprint density at radius 2 is 2.29 bits per heavy atom. The van der Waals surface area contributed by atoms with Crippen LogP contribution < -0.4 is 4.90 Å². The van der Waals surface area contributed by atoms with Gasteiger partial charge in [0.05, 0.1) is 30.9 Å². The summed E-state index contributed by atoms with van der Waals surface area (Å²) in [6.45, 7) is 5.86. The molecular weight excluding hydrogens is 302 g/mol. The van der Waals surface area contributed by atoms with Crippen molar-refractivity contribution in [2.45, 2.75) is 6.92 Å².